The van der Waals surface area contributed by atoms with E-state index in [9.17, 15) is 4.79 Å². The van der Waals surface area contributed by atoms with Gasteiger partial charge in [0.25, 0.3) is 0 Å². The topological polar surface area (TPSA) is 29.1 Å². The van der Waals surface area contributed by atoms with Gasteiger partial charge in [-0.2, -0.15) is 0 Å². The third-order valence-corrected chi connectivity index (χ3v) is 5.76. The third-order valence-electron chi connectivity index (χ3n) is 5.18. The molecule has 2 rings (SSSR count). The molecule has 2 aliphatic carbocycles. The summed E-state index contributed by atoms with van der Waals surface area (Å²) in [5, 5.41) is 3.51. The van der Waals surface area contributed by atoms with Crippen molar-refractivity contribution in [2.75, 3.05) is 6.54 Å². The fraction of sp³-hybridized carbons (Fsp3) is 0.941. The summed E-state index contributed by atoms with van der Waals surface area (Å²) in [4.78, 5) is 12.7. The first-order valence-corrected chi connectivity index (χ1v) is 8.89. The van der Waals surface area contributed by atoms with Gasteiger partial charge in [-0.25, -0.2) is 0 Å². The molecule has 0 aromatic carbocycles. The summed E-state index contributed by atoms with van der Waals surface area (Å²) in [6.45, 7) is 5.24. The number of carbonyl (C=O) groups is 1. The minimum Gasteiger partial charge on any atom is -0.355 e. The molecule has 0 heterocycles. The average Bonchev–Trinajstić information content (AvgIpc) is 2.86. The Kier molecular flexibility index (Phi) is 5.77. The van der Waals surface area contributed by atoms with Crippen LogP contribution in [0.3, 0.4) is 0 Å². The van der Waals surface area contributed by atoms with E-state index in [4.69, 9.17) is 11.6 Å². The van der Waals surface area contributed by atoms with Crippen molar-refractivity contribution >= 4 is 17.5 Å². The van der Waals surface area contributed by atoms with Crippen LogP contribution in [0.4, 0.5) is 0 Å². The lowest BCUT2D eigenvalue weighted by molar-refractivity contribution is -0.132. The Labute approximate surface area is 129 Å². The van der Waals surface area contributed by atoms with Crippen LogP contribution in [0.2, 0.25) is 0 Å². The second-order valence-electron chi connectivity index (χ2n) is 7.36. The Morgan fingerprint density at radius 2 is 1.85 bits per heavy atom. The van der Waals surface area contributed by atoms with Crippen LogP contribution in [0.5, 0.6) is 0 Å². The van der Waals surface area contributed by atoms with Gasteiger partial charge in [0.1, 0.15) is 0 Å². The summed E-state index contributed by atoms with van der Waals surface area (Å²) < 4.78 is 0. The second kappa shape index (κ2) is 7.15. The molecule has 0 aromatic heterocycles. The first-order valence-electron chi connectivity index (χ1n) is 8.46. The highest BCUT2D eigenvalue weighted by Crippen LogP contribution is 2.43. The molecular weight excluding hydrogens is 270 g/mol. The molecule has 0 aromatic rings. The maximum Gasteiger partial charge on any atom is 0.226 e. The van der Waals surface area contributed by atoms with Gasteiger partial charge in [0.2, 0.25) is 5.91 Å². The minimum atomic E-state index is -0.0787. The van der Waals surface area contributed by atoms with Gasteiger partial charge in [0.15, 0.2) is 0 Å². The molecule has 0 aliphatic heterocycles. The Hall–Kier alpha value is -0.240. The maximum atomic E-state index is 12.7. The number of rotatable bonds is 5. The highest BCUT2D eigenvalue weighted by atomic mass is 35.5. The van der Waals surface area contributed by atoms with Crippen molar-refractivity contribution < 1.29 is 4.79 Å². The Morgan fingerprint density at radius 3 is 2.45 bits per heavy atom. The first-order chi connectivity index (χ1) is 9.53. The van der Waals surface area contributed by atoms with Crippen molar-refractivity contribution in [2.24, 2.45) is 17.3 Å². The average molecular weight is 300 g/mol. The number of carbonyl (C=O) groups excluding carboxylic acids is 1. The molecule has 2 fully saturated rings. The molecule has 0 saturated heterocycles. The molecule has 2 atom stereocenters. The SMILES string of the molecule is CC(C)CC1(C(=O)NCC2CCCCC2Cl)CCCC1. The van der Waals surface area contributed by atoms with Crippen molar-refractivity contribution in [1.82, 2.24) is 5.32 Å². The standard InChI is InChI=1S/C17H30ClNO/c1-13(2)11-17(9-5-6-10-17)16(20)19-12-14-7-3-4-8-15(14)18/h13-15H,3-12H2,1-2H3,(H,19,20). The summed E-state index contributed by atoms with van der Waals surface area (Å²) >= 11 is 6.39. The van der Waals surface area contributed by atoms with E-state index in [0.29, 0.717) is 17.7 Å². The van der Waals surface area contributed by atoms with Gasteiger partial charge in [-0.15, -0.1) is 11.6 Å². The van der Waals surface area contributed by atoms with Crippen molar-refractivity contribution in [3.05, 3.63) is 0 Å². The first kappa shape index (κ1) is 16.1. The predicted molar refractivity (Wildman–Crippen MR) is 85.0 cm³/mol. The number of hydrogen-bond donors (Lipinski definition) is 1. The van der Waals surface area contributed by atoms with Gasteiger partial charge in [-0.1, -0.05) is 39.5 Å². The van der Waals surface area contributed by atoms with Gasteiger partial charge in [0, 0.05) is 17.3 Å². The molecule has 1 amide bonds. The molecule has 2 saturated carbocycles. The van der Waals surface area contributed by atoms with Crippen LogP contribution in [0.15, 0.2) is 0 Å². The van der Waals surface area contributed by atoms with E-state index in [1.165, 1.54) is 32.1 Å². The Bertz CT molecular complexity index is 323. The van der Waals surface area contributed by atoms with Gasteiger partial charge >= 0.3 is 0 Å². The van der Waals surface area contributed by atoms with E-state index >= 15 is 0 Å². The van der Waals surface area contributed by atoms with Crippen LogP contribution < -0.4 is 5.32 Å². The molecule has 0 spiro atoms. The van der Waals surface area contributed by atoms with Gasteiger partial charge in [-0.05, 0) is 43.9 Å². The van der Waals surface area contributed by atoms with Crippen LogP contribution in [0.1, 0.15) is 71.6 Å². The molecular formula is C17H30ClNO. The molecule has 2 unspecified atom stereocenters. The fourth-order valence-electron chi connectivity index (χ4n) is 4.16. The van der Waals surface area contributed by atoms with Crippen molar-refractivity contribution in [3.8, 4) is 0 Å². The number of nitrogens with one attached hydrogen (secondary N) is 1. The molecule has 3 heteroatoms. The molecule has 1 N–H and O–H groups in total. The quantitative estimate of drug-likeness (QED) is 0.744. The third kappa shape index (κ3) is 3.90. The number of alkyl halides is 1. The monoisotopic (exact) mass is 299 g/mol. The summed E-state index contributed by atoms with van der Waals surface area (Å²) in [5.41, 5.74) is -0.0787. The lowest BCUT2D eigenvalue weighted by Crippen LogP contribution is -2.43. The van der Waals surface area contributed by atoms with Crippen LogP contribution in [0.25, 0.3) is 0 Å². The lowest BCUT2D eigenvalue weighted by atomic mass is 9.77. The largest absolute Gasteiger partial charge is 0.355 e. The van der Waals surface area contributed by atoms with Gasteiger partial charge < -0.3 is 5.32 Å². The summed E-state index contributed by atoms with van der Waals surface area (Å²) in [6, 6.07) is 0. The predicted octanol–water partition coefficient (Wildman–Crippen LogP) is 4.51. The number of halogens is 1. The molecule has 2 nitrogen and oxygen atoms in total. The molecule has 20 heavy (non-hydrogen) atoms. The van der Waals surface area contributed by atoms with Crippen LogP contribution >= 0.6 is 11.6 Å². The van der Waals surface area contributed by atoms with E-state index in [2.05, 4.69) is 19.2 Å². The van der Waals surface area contributed by atoms with Gasteiger partial charge in [0.05, 0.1) is 0 Å². The summed E-state index contributed by atoms with van der Waals surface area (Å²) in [6.07, 6.45) is 10.4. The van der Waals surface area contributed by atoms with E-state index in [0.717, 1.165) is 32.2 Å². The van der Waals surface area contributed by atoms with Crippen LogP contribution in [0, 0.1) is 17.3 Å². The van der Waals surface area contributed by atoms with Gasteiger partial charge in [-0.3, -0.25) is 4.79 Å². The number of amides is 1. The molecule has 0 bridgehead atoms. The second-order valence-corrected chi connectivity index (χ2v) is 7.92. The fourth-order valence-corrected chi connectivity index (χ4v) is 4.53. The smallest absolute Gasteiger partial charge is 0.226 e. The number of hydrogen-bond acceptors (Lipinski definition) is 1. The minimum absolute atomic E-state index is 0.0787. The normalized spacial score (nSPS) is 29.6. The zero-order valence-electron chi connectivity index (χ0n) is 13.1. The van der Waals surface area contributed by atoms with E-state index < -0.39 is 0 Å². The van der Waals surface area contributed by atoms with Crippen molar-refractivity contribution in [3.63, 3.8) is 0 Å². The van der Waals surface area contributed by atoms with Crippen LogP contribution in [-0.2, 0) is 4.79 Å². The zero-order valence-corrected chi connectivity index (χ0v) is 13.8. The lowest BCUT2D eigenvalue weighted by Gasteiger charge is -2.32. The maximum absolute atomic E-state index is 12.7. The van der Waals surface area contributed by atoms with Crippen molar-refractivity contribution in [2.45, 2.75) is 77.0 Å². The van der Waals surface area contributed by atoms with E-state index in [1.807, 2.05) is 0 Å². The molecule has 0 radical (unpaired) electrons. The van der Waals surface area contributed by atoms with Crippen molar-refractivity contribution in [1.29, 1.82) is 0 Å². The molecule has 116 valence electrons. The van der Waals surface area contributed by atoms with Crippen LogP contribution in [-0.4, -0.2) is 17.8 Å². The summed E-state index contributed by atoms with van der Waals surface area (Å²) in [7, 11) is 0. The highest BCUT2D eigenvalue weighted by Gasteiger charge is 2.41. The van der Waals surface area contributed by atoms with E-state index in [1.54, 1.807) is 0 Å². The Balaban J connectivity index is 1.88. The summed E-state index contributed by atoms with van der Waals surface area (Å²) in [5.74, 6) is 1.37. The zero-order chi connectivity index (χ0) is 14.6. The highest BCUT2D eigenvalue weighted by molar-refractivity contribution is 6.20. The van der Waals surface area contributed by atoms with E-state index in [-0.39, 0.29) is 10.8 Å². The molecule has 2 aliphatic rings. The Morgan fingerprint density at radius 1 is 1.20 bits per heavy atom.